The van der Waals surface area contributed by atoms with Crippen LogP contribution in [-0.4, -0.2) is 55.6 Å². The summed E-state index contributed by atoms with van der Waals surface area (Å²) in [5.41, 5.74) is 2.58. The van der Waals surface area contributed by atoms with Gasteiger partial charge in [-0.25, -0.2) is 8.42 Å². The first-order chi connectivity index (χ1) is 15.8. The number of rotatable bonds is 5. The minimum absolute atomic E-state index is 0.189. The SMILES string of the molecule is Cc1ccc(C)c(S(=O)(=O)N2CCN(C(=O)c3cccc(NC(=O)c4cccs4)c3)CC2)c1. The molecule has 4 rings (SSSR count). The average molecular weight is 484 g/mol. The maximum absolute atomic E-state index is 13.1. The molecule has 0 atom stereocenters. The van der Waals surface area contributed by atoms with Crippen LogP contribution in [0.4, 0.5) is 5.69 Å². The van der Waals surface area contributed by atoms with E-state index in [1.165, 1.54) is 15.6 Å². The molecule has 0 bridgehead atoms. The zero-order valence-corrected chi connectivity index (χ0v) is 20.1. The molecule has 0 unspecified atom stereocenters. The monoisotopic (exact) mass is 483 g/mol. The van der Waals surface area contributed by atoms with E-state index in [4.69, 9.17) is 0 Å². The number of carbonyl (C=O) groups is 2. The number of thiophene rings is 1. The third kappa shape index (κ3) is 5.00. The Morgan fingerprint density at radius 1 is 0.939 bits per heavy atom. The van der Waals surface area contributed by atoms with Crippen LogP contribution in [0.1, 0.15) is 31.2 Å². The number of amides is 2. The highest BCUT2D eigenvalue weighted by molar-refractivity contribution is 7.89. The van der Waals surface area contributed by atoms with Gasteiger partial charge in [-0.15, -0.1) is 11.3 Å². The molecule has 7 nitrogen and oxygen atoms in total. The highest BCUT2D eigenvalue weighted by Gasteiger charge is 2.31. The number of hydrogen-bond donors (Lipinski definition) is 1. The molecule has 2 aromatic carbocycles. The fourth-order valence-corrected chi connectivity index (χ4v) is 6.12. The number of hydrogen-bond acceptors (Lipinski definition) is 5. The van der Waals surface area contributed by atoms with Crippen molar-refractivity contribution in [3.63, 3.8) is 0 Å². The Labute approximate surface area is 197 Å². The van der Waals surface area contributed by atoms with Crippen molar-refractivity contribution in [2.75, 3.05) is 31.5 Å². The number of sulfonamides is 1. The van der Waals surface area contributed by atoms with Gasteiger partial charge in [-0.05, 0) is 60.7 Å². The molecule has 172 valence electrons. The molecule has 0 radical (unpaired) electrons. The van der Waals surface area contributed by atoms with E-state index in [2.05, 4.69) is 5.32 Å². The van der Waals surface area contributed by atoms with Crippen molar-refractivity contribution in [2.45, 2.75) is 18.7 Å². The minimum atomic E-state index is -3.62. The number of benzene rings is 2. The lowest BCUT2D eigenvalue weighted by atomic mass is 10.1. The predicted octanol–water partition coefficient (Wildman–Crippen LogP) is 3.76. The van der Waals surface area contributed by atoms with Gasteiger partial charge < -0.3 is 10.2 Å². The quantitative estimate of drug-likeness (QED) is 0.599. The molecule has 33 heavy (non-hydrogen) atoms. The molecule has 1 aliphatic rings. The Bertz CT molecular complexity index is 1280. The molecule has 2 heterocycles. The first-order valence-corrected chi connectivity index (χ1v) is 12.9. The van der Waals surface area contributed by atoms with Gasteiger partial charge in [-0.1, -0.05) is 24.3 Å². The van der Waals surface area contributed by atoms with Crippen molar-refractivity contribution in [2.24, 2.45) is 0 Å². The highest BCUT2D eigenvalue weighted by Crippen LogP contribution is 2.23. The Hall–Kier alpha value is -3.01. The summed E-state index contributed by atoms with van der Waals surface area (Å²) in [7, 11) is -3.62. The Morgan fingerprint density at radius 3 is 2.39 bits per heavy atom. The number of nitrogens with zero attached hydrogens (tertiary/aromatic N) is 2. The molecule has 1 fully saturated rings. The van der Waals surface area contributed by atoms with Crippen LogP contribution in [0.3, 0.4) is 0 Å². The van der Waals surface area contributed by atoms with Crippen LogP contribution in [0.5, 0.6) is 0 Å². The Balaban J connectivity index is 1.42. The standard InChI is InChI=1S/C24H25N3O4S2/c1-17-8-9-18(2)22(15-17)33(30,31)27-12-10-26(11-13-27)24(29)19-5-3-6-20(16-19)25-23(28)21-7-4-14-32-21/h3-9,14-16H,10-13H2,1-2H3,(H,25,28). The van der Waals surface area contributed by atoms with Crippen molar-refractivity contribution in [1.82, 2.24) is 9.21 Å². The molecule has 0 saturated carbocycles. The second kappa shape index (κ2) is 9.46. The van der Waals surface area contributed by atoms with Gasteiger partial charge in [-0.2, -0.15) is 4.31 Å². The third-order valence-electron chi connectivity index (χ3n) is 5.60. The summed E-state index contributed by atoms with van der Waals surface area (Å²) >= 11 is 1.34. The average Bonchev–Trinajstić information content (AvgIpc) is 3.36. The van der Waals surface area contributed by atoms with E-state index >= 15 is 0 Å². The van der Waals surface area contributed by atoms with Gasteiger partial charge in [0.25, 0.3) is 11.8 Å². The maximum Gasteiger partial charge on any atom is 0.265 e. The van der Waals surface area contributed by atoms with Crippen molar-refractivity contribution >= 4 is 38.9 Å². The van der Waals surface area contributed by atoms with Crippen molar-refractivity contribution in [1.29, 1.82) is 0 Å². The lowest BCUT2D eigenvalue weighted by Crippen LogP contribution is -2.50. The minimum Gasteiger partial charge on any atom is -0.336 e. The van der Waals surface area contributed by atoms with E-state index in [9.17, 15) is 18.0 Å². The van der Waals surface area contributed by atoms with E-state index in [0.717, 1.165) is 5.56 Å². The first kappa shape index (κ1) is 23.2. The zero-order chi connectivity index (χ0) is 23.6. The smallest absolute Gasteiger partial charge is 0.265 e. The van der Waals surface area contributed by atoms with Crippen LogP contribution in [0.2, 0.25) is 0 Å². The van der Waals surface area contributed by atoms with Gasteiger partial charge in [0.05, 0.1) is 9.77 Å². The van der Waals surface area contributed by atoms with Crippen molar-refractivity contribution < 1.29 is 18.0 Å². The van der Waals surface area contributed by atoms with E-state index in [-0.39, 0.29) is 24.9 Å². The number of aryl methyl sites for hydroxylation is 2. The highest BCUT2D eigenvalue weighted by atomic mass is 32.2. The predicted molar refractivity (Wildman–Crippen MR) is 129 cm³/mol. The van der Waals surface area contributed by atoms with Crippen LogP contribution in [0.25, 0.3) is 0 Å². The second-order valence-corrected chi connectivity index (χ2v) is 10.8. The number of carbonyl (C=O) groups excluding carboxylic acids is 2. The van der Waals surface area contributed by atoms with E-state index in [0.29, 0.717) is 39.7 Å². The topological polar surface area (TPSA) is 86.8 Å². The van der Waals surface area contributed by atoms with Crippen LogP contribution in [0.15, 0.2) is 64.9 Å². The van der Waals surface area contributed by atoms with Crippen LogP contribution >= 0.6 is 11.3 Å². The van der Waals surface area contributed by atoms with E-state index in [1.807, 2.05) is 24.4 Å². The first-order valence-electron chi connectivity index (χ1n) is 10.6. The molecule has 1 aromatic heterocycles. The Kier molecular flexibility index (Phi) is 6.64. The summed E-state index contributed by atoms with van der Waals surface area (Å²) in [6, 6.07) is 15.7. The fourth-order valence-electron chi connectivity index (χ4n) is 3.77. The van der Waals surface area contributed by atoms with Crippen LogP contribution < -0.4 is 5.32 Å². The maximum atomic E-state index is 13.1. The molecule has 1 aliphatic heterocycles. The molecule has 1 N–H and O–H groups in total. The summed E-state index contributed by atoms with van der Waals surface area (Å²) in [5, 5.41) is 4.64. The van der Waals surface area contributed by atoms with Gasteiger partial charge in [0.1, 0.15) is 0 Å². The number of nitrogens with one attached hydrogen (secondary N) is 1. The van der Waals surface area contributed by atoms with Gasteiger partial charge in [0, 0.05) is 37.4 Å². The van der Waals surface area contributed by atoms with Gasteiger partial charge in [-0.3, -0.25) is 9.59 Å². The van der Waals surface area contributed by atoms with E-state index in [1.54, 1.807) is 54.3 Å². The molecular formula is C24H25N3O4S2. The summed E-state index contributed by atoms with van der Waals surface area (Å²) < 4.78 is 27.7. The van der Waals surface area contributed by atoms with Gasteiger partial charge in [0.2, 0.25) is 10.0 Å². The summed E-state index contributed by atoms with van der Waals surface area (Å²) in [5.74, 6) is -0.411. The fraction of sp³-hybridized carbons (Fsp3) is 0.250. The normalized spacial score (nSPS) is 14.8. The second-order valence-electron chi connectivity index (χ2n) is 7.98. The largest absolute Gasteiger partial charge is 0.336 e. The molecule has 0 aliphatic carbocycles. The van der Waals surface area contributed by atoms with Gasteiger partial charge in [0.15, 0.2) is 0 Å². The molecule has 0 spiro atoms. The Morgan fingerprint density at radius 2 is 1.70 bits per heavy atom. The van der Waals surface area contributed by atoms with Crippen LogP contribution in [-0.2, 0) is 10.0 Å². The van der Waals surface area contributed by atoms with Crippen molar-refractivity contribution in [3.05, 3.63) is 81.5 Å². The van der Waals surface area contributed by atoms with E-state index < -0.39 is 10.0 Å². The molecule has 2 amide bonds. The summed E-state index contributed by atoms with van der Waals surface area (Å²) in [6.07, 6.45) is 0. The lowest BCUT2D eigenvalue weighted by molar-refractivity contribution is 0.0697. The summed E-state index contributed by atoms with van der Waals surface area (Å²) in [4.78, 5) is 27.9. The number of anilines is 1. The zero-order valence-electron chi connectivity index (χ0n) is 18.4. The molecule has 1 saturated heterocycles. The van der Waals surface area contributed by atoms with Crippen LogP contribution in [0, 0.1) is 13.8 Å². The molecule has 3 aromatic rings. The number of piperazine rings is 1. The molecule has 9 heteroatoms. The lowest BCUT2D eigenvalue weighted by Gasteiger charge is -2.34. The summed E-state index contributed by atoms with van der Waals surface area (Å²) in [6.45, 7) is 4.72. The molecular weight excluding hydrogens is 458 g/mol. The third-order valence-corrected chi connectivity index (χ3v) is 8.51. The van der Waals surface area contributed by atoms with Crippen molar-refractivity contribution in [3.8, 4) is 0 Å². The van der Waals surface area contributed by atoms with Gasteiger partial charge >= 0.3 is 0 Å².